The lowest BCUT2D eigenvalue weighted by molar-refractivity contribution is -0.148. The van der Waals surface area contributed by atoms with E-state index >= 15 is 0 Å². The largest absolute Gasteiger partial charge is 0.343 e. The average Bonchev–Trinajstić information content (AvgIpc) is 2.94. The second kappa shape index (κ2) is 6.18. The Balaban J connectivity index is 1.76. The zero-order valence-corrected chi connectivity index (χ0v) is 13.2. The first-order valence-corrected chi connectivity index (χ1v) is 7.88. The van der Waals surface area contributed by atoms with Crippen molar-refractivity contribution in [2.75, 3.05) is 39.8 Å². The lowest BCUT2D eigenvalue weighted by Crippen LogP contribution is -2.66. The molecular weight excluding hydrogens is 276 g/mol. The van der Waals surface area contributed by atoms with E-state index in [-0.39, 0.29) is 11.4 Å². The Kier molecular flexibility index (Phi) is 4.27. The first-order chi connectivity index (χ1) is 10.7. The van der Waals surface area contributed by atoms with Crippen molar-refractivity contribution in [3.63, 3.8) is 0 Å². The first kappa shape index (κ1) is 15.2. The molecule has 0 aromatic carbocycles. The van der Waals surface area contributed by atoms with E-state index in [9.17, 15) is 4.79 Å². The summed E-state index contributed by atoms with van der Waals surface area (Å²) >= 11 is 0. The molecule has 2 fully saturated rings. The Morgan fingerprint density at radius 1 is 1.32 bits per heavy atom. The summed E-state index contributed by atoms with van der Waals surface area (Å²) in [5.74, 6) is 0.262. The highest BCUT2D eigenvalue weighted by Crippen LogP contribution is 2.33. The smallest absolute Gasteiger partial charge is 0.244 e. The van der Waals surface area contributed by atoms with Gasteiger partial charge < -0.3 is 4.90 Å². The SMILES string of the molecule is C=CCN1CCN(C)C(=O)C12CCN(Cc1ccncc1)C2. The molecule has 0 radical (unpaired) electrons. The van der Waals surface area contributed by atoms with E-state index in [4.69, 9.17) is 0 Å². The number of nitrogens with zero attached hydrogens (tertiary/aromatic N) is 4. The molecule has 0 aliphatic carbocycles. The van der Waals surface area contributed by atoms with Gasteiger partial charge in [0.15, 0.2) is 0 Å². The Bertz CT molecular complexity index is 547. The van der Waals surface area contributed by atoms with Gasteiger partial charge in [0.25, 0.3) is 0 Å². The van der Waals surface area contributed by atoms with Crippen molar-refractivity contribution in [2.24, 2.45) is 0 Å². The summed E-state index contributed by atoms with van der Waals surface area (Å²) < 4.78 is 0. The molecule has 1 aromatic heterocycles. The van der Waals surface area contributed by atoms with Gasteiger partial charge in [-0.2, -0.15) is 0 Å². The molecule has 22 heavy (non-hydrogen) atoms. The predicted molar refractivity (Wildman–Crippen MR) is 86.3 cm³/mol. The summed E-state index contributed by atoms with van der Waals surface area (Å²) in [5, 5.41) is 0. The molecule has 3 rings (SSSR count). The molecule has 2 aliphatic rings. The number of carbonyl (C=O) groups is 1. The van der Waals surface area contributed by atoms with Crippen molar-refractivity contribution in [2.45, 2.75) is 18.5 Å². The summed E-state index contributed by atoms with van der Waals surface area (Å²) in [7, 11) is 1.92. The molecule has 1 atom stereocenters. The Hall–Kier alpha value is -1.72. The van der Waals surface area contributed by atoms with Crippen LogP contribution in [0.4, 0.5) is 0 Å². The number of pyridine rings is 1. The number of likely N-dealkylation sites (N-methyl/N-ethyl adjacent to an activating group) is 1. The summed E-state index contributed by atoms with van der Waals surface area (Å²) in [4.78, 5) is 23.5. The van der Waals surface area contributed by atoms with Crippen molar-refractivity contribution in [3.8, 4) is 0 Å². The zero-order valence-electron chi connectivity index (χ0n) is 13.2. The van der Waals surface area contributed by atoms with Gasteiger partial charge in [0.1, 0.15) is 5.54 Å². The van der Waals surface area contributed by atoms with Crippen LogP contribution < -0.4 is 0 Å². The van der Waals surface area contributed by atoms with E-state index in [1.807, 2.05) is 42.6 Å². The van der Waals surface area contributed by atoms with Gasteiger partial charge in [0.2, 0.25) is 5.91 Å². The number of rotatable bonds is 4. The molecule has 1 aromatic rings. The standard InChI is InChI=1S/C17H24N4O/c1-3-9-21-12-11-19(2)16(22)17(21)6-10-20(14-17)13-15-4-7-18-8-5-15/h3-5,7-8H,1,6,9-14H2,2H3. The molecule has 3 heterocycles. The molecule has 0 saturated carbocycles. The number of carbonyl (C=O) groups excluding carboxylic acids is 1. The van der Waals surface area contributed by atoms with E-state index in [1.54, 1.807) is 0 Å². The highest BCUT2D eigenvalue weighted by atomic mass is 16.2. The second-order valence-corrected chi connectivity index (χ2v) is 6.31. The van der Waals surface area contributed by atoms with Crippen molar-refractivity contribution >= 4 is 5.91 Å². The second-order valence-electron chi connectivity index (χ2n) is 6.31. The molecule has 0 bridgehead atoms. The highest BCUT2D eigenvalue weighted by molar-refractivity contribution is 5.87. The van der Waals surface area contributed by atoms with Crippen LogP contribution in [-0.2, 0) is 11.3 Å². The average molecular weight is 300 g/mol. The molecule has 5 heteroatoms. The van der Waals surface area contributed by atoms with Gasteiger partial charge in [-0.05, 0) is 24.1 Å². The van der Waals surface area contributed by atoms with Crippen LogP contribution in [0.1, 0.15) is 12.0 Å². The molecule has 2 saturated heterocycles. The Labute approximate surface area is 132 Å². The zero-order chi connectivity index (χ0) is 15.6. The van der Waals surface area contributed by atoms with Crippen LogP contribution in [0.2, 0.25) is 0 Å². The third-order valence-electron chi connectivity index (χ3n) is 4.89. The van der Waals surface area contributed by atoms with Crippen LogP contribution in [0.5, 0.6) is 0 Å². The Morgan fingerprint density at radius 3 is 2.82 bits per heavy atom. The number of aromatic nitrogens is 1. The molecular formula is C17H24N4O. The summed E-state index contributed by atoms with van der Waals surface area (Å²) in [5.41, 5.74) is 0.882. The molecule has 1 unspecified atom stereocenters. The third-order valence-corrected chi connectivity index (χ3v) is 4.89. The van der Waals surface area contributed by atoms with Gasteiger partial charge in [0, 0.05) is 58.7 Å². The fraction of sp³-hybridized carbons (Fsp3) is 0.529. The first-order valence-electron chi connectivity index (χ1n) is 7.88. The van der Waals surface area contributed by atoms with Crippen LogP contribution in [0, 0.1) is 0 Å². The lowest BCUT2D eigenvalue weighted by atomic mass is 9.91. The minimum atomic E-state index is -0.367. The van der Waals surface area contributed by atoms with Gasteiger partial charge in [-0.1, -0.05) is 6.08 Å². The maximum atomic E-state index is 12.8. The maximum Gasteiger partial charge on any atom is 0.244 e. The van der Waals surface area contributed by atoms with E-state index in [0.717, 1.165) is 45.7 Å². The number of amides is 1. The number of likely N-dealkylation sites (tertiary alicyclic amines) is 1. The van der Waals surface area contributed by atoms with Crippen LogP contribution >= 0.6 is 0 Å². The topological polar surface area (TPSA) is 39.7 Å². The van der Waals surface area contributed by atoms with Crippen LogP contribution in [0.3, 0.4) is 0 Å². The van der Waals surface area contributed by atoms with Crippen molar-refractivity contribution < 1.29 is 4.79 Å². The van der Waals surface area contributed by atoms with E-state index in [0.29, 0.717) is 0 Å². The van der Waals surface area contributed by atoms with E-state index in [1.165, 1.54) is 5.56 Å². The number of hydrogen-bond donors (Lipinski definition) is 0. The number of hydrogen-bond acceptors (Lipinski definition) is 4. The third kappa shape index (κ3) is 2.66. The predicted octanol–water partition coefficient (Wildman–Crippen LogP) is 0.986. The van der Waals surface area contributed by atoms with Crippen LogP contribution in [-0.4, -0.2) is 70.9 Å². The summed E-state index contributed by atoms with van der Waals surface area (Å²) in [6, 6.07) is 4.09. The highest BCUT2D eigenvalue weighted by Gasteiger charge is 2.51. The van der Waals surface area contributed by atoms with Crippen molar-refractivity contribution in [1.82, 2.24) is 19.7 Å². The fourth-order valence-electron chi connectivity index (χ4n) is 3.68. The quantitative estimate of drug-likeness (QED) is 0.777. The van der Waals surface area contributed by atoms with Gasteiger partial charge in [-0.15, -0.1) is 6.58 Å². The van der Waals surface area contributed by atoms with Gasteiger partial charge in [-0.25, -0.2) is 0 Å². The fourth-order valence-corrected chi connectivity index (χ4v) is 3.68. The molecule has 118 valence electrons. The minimum Gasteiger partial charge on any atom is -0.343 e. The molecule has 1 spiro atoms. The van der Waals surface area contributed by atoms with Gasteiger partial charge in [0.05, 0.1) is 0 Å². The van der Waals surface area contributed by atoms with Crippen molar-refractivity contribution in [3.05, 3.63) is 42.7 Å². The molecule has 1 amide bonds. The maximum absolute atomic E-state index is 12.8. The summed E-state index contributed by atoms with van der Waals surface area (Å²) in [6.45, 7) is 9.00. The molecule has 5 nitrogen and oxygen atoms in total. The normalized spacial score (nSPS) is 26.8. The summed E-state index contributed by atoms with van der Waals surface area (Å²) in [6.07, 6.45) is 6.45. The minimum absolute atomic E-state index is 0.262. The monoisotopic (exact) mass is 300 g/mol. The molecule has 2 aliphatic heterocycles. The van der Waals surface area contributed by atoms with E-state index in [2.05, 4.69) is 21.4 Å². The Morgan fingerprint density at radius 2 is 2.09 bits per heavy atom. The van der Waals surface area contributed by atoms with Gasteiger partial charge >= 0.3 is 0 Å². The van der Waals surface area contributed by atoms with Gasteiger partial charge in [-0.3, -0.25) is 19.6 Å². The van der Waals surface area contributed by atoms with Crippen molar-refractivity contribution in [1.29, 1.82) is 0 Å². The van der Waals surface area contributed by atoms with Crippen LogP contribution in [0.25, 0.3) is 0 Å². The molecule has 0 N–H and O–H groups in total. The lowest BCUT2D eigenvalue weighted by Gasteiger charge is -2.46. The van der Waals surface area contributed by atoms with E-state index < -0.39 is 0 Å². The number of piperazine rings is 1. The van der Waals surface area contributed by atoms with Crippen LogP contribution in [0.15, 0.2) is 37.2 Å².